The van der Waals surface area contributed by atoms with E-state index in [1.54, 1.807) is 23.5 Å². The fourth-order valence-electron chi connectivity index (χ4n) is 2.40. The number of alkyl halides is 3. The third-order valence-corrected chi connectivity index (χ3v) is 4.82. The molecule has 0 radical (unpaired) electrons. The van der Waals surface area contributed by atoms with Crippen LogP contribution in [0.5, 0.6) is 0 Å². The molecule has 0 saturated heterocycles. The fraction of sp³-hybridized carbons (Fsp3) is 0.471. The summed E-state index contributed by atoms with van der Waals surface area (Å²) in [6, 6.07) is 6.80. The lowest BCUT2D eigenvalue weighted by atomic mass is 10.2. The molecule has 2 atom stereocenters. The predicted octanol–water partition coefficient (Wildman–Crippen LogP) is 3.16. The number of anilines is 1. The molecule has 0 bridgehead atoms. The lowest BCUT2D eigenvalue weighted by Crippen LogP contribution is -2.68. The molecular weight excluding hydrogens is 399 g/mol. The van der Waals surface area contributed by atoms with Gasteiger partial charge in [0.2, 0.25) is 0 Å². The molecule has 1 aromatic carbocycles. The number of amidine groups is 1. The highest BCUT2D eigenvalue weighted by Crippen LogP contribution is 2.34. The molecule has 11 heteroatoms. The Morgan fingerprint density at radius 3 is 2.43 bits per heavy atom. The van der Waals surface area contributed by atoms with Gasteiger partial charge >= 0.3 is 23.9 Å². The average molecular weight is 419 g/mol. The molecule has 1 aromatic rings. The molecule has 1 aliphatic rings. The van der Waals surface area contributed by atoms with Gasteiger partial charge in [-0.2, -0.15) is 13.2 Å². The first-order valence-corrected chi connectivity index (χ1v) is 9.21. The van der Waals surface area contributed by atoms with E-state index in [1.165, 1.54) is 30.8 Å². The minimum Gasteiger partial charge on any atom is -0.462 e. The highest BCUT2D eigenvalue weighted by molar-refractivity contribution is 8.15. The molecule has 0 saturated carbocycles. The number of thioether (sulfide) groups is 1. The van der Waals surface area contributed by atoms with E-state index >= 15 is 0 Å². The number of aliphatic imine (C=N–C) groups is 1. The van der Waals surface area contributed by atoms with Crippen LogP contribution in [0, 0.1) is 0 Å². The van der Waals surface area contributed by atoms with E-state index in [1.807, 2.05) is 6.92 Å². The van der Waals surface area contributed by atoms with E-state index in [0.29, 0.717) is 13.7 Å². The number of nitrogens with zero attached hydrogens (tertiary/aromatic N) is 2. The Hall–Kier alpha value is -2.27. The van der Waals surface area contributed by atoms with Gasteiger partial charge in [0, 0.05) is 12.4 Å². The van der Waals surface area contributed by atoms with E-state index in [9.17, 15) is 22.8 Å². The SMILES string of the molecule is CCOC(=O)[C@@](NC(=O)N(C1=NC[C@@H](C)S1)c1ccccc1)(OC)C(F)(F)F. The molecular formula is C17H20F3N3O4S. The molecule has 2 amide bonds. The van der Waals surface area contributed by atoms with Gasteiger partial charge in [-0.1, -0.05) is 36.9 Å². The molecule has 0 aliphatic carbocycles. The molecule has 1 aliphatic heterocycles. The number of amides is 2. The molecule has 1 heterocycles. The first kappa shape index (κ1) is 22.0. The predicted molar refractivity (Wildman–Crippen MR) is 99.2 cm³/mol. The van der Waals surface area contributed by atoms with E-state index in [0.717, 1.165) is 4.90 Å². The highest BCUT2D eigenvalue weighted by atomic mass is 32.2. The van der Waals surface area contributed by atoms with Crippen molar-refractivity contribution in [3.63, 3.8) is 0 Å². The van der Waals surface area contributed by atoms with Gasteiger partial charge in [-0.15, -0.1) is 0 Å². The number of carbonyl (C=O) groups excluding carboxylic acids is 2. The minimum atomic E-state index is -5.26. The summed E-state index contributed by atoms with van der Waals surface area (Å²) in [5.74, 6) is -1.76. The van der Waals surface area contributed by atoms with Gasteiger partial charge in [0.05, 0.1) is 18.8 Å². The van der Waals surface area contributed by atoms with Crippen LogP contribution in [0.2, 0.25) is 0 Å². The number of nitrogens with one attached hydrogen (secondary N) is 1. The van der Waals surface area contributed by atoms with Crippen molar-refractivity contribution in [1.29, 1.82) is 0 Å². The Labute approximate surface area is 164 Å². The summed E-state index contributed by atoms with van der Waals surface area (Å²) < 4.78 is 50.1. The second-order valence-electron chi connectivity index (χ2n) is 5.76. The zero-order valence-corrected chi connectivity index (χ0v) is 16.3. The maximum atomic E-state index is 13.7. The smallest absolute Gasteiger partial charge is 0.448 e. The topological polar surface area (TPSA) is 80.2 Å². The largest absolute Gasteiger partial charge is 0.462 e. The second kappa shape index (κ2) is 8.82. The number of rotatable bonds is 5. The van der Waals surface area contributed by atoms with Crippen LogP contribution in [-0.2, 0) is 14.3 Å². The maximum Gasteiger partial charge on any atom is 0.448 e. The third-order valence-electron chi connectivity index (χ3n) is 3.75. The zero-order chi connectivity index (χ0) is 20.9. The number of urea groups is 1. The molecule has 154 valence electrons. The monoisotopic (exact) mass is 419 g/mol. The Bertz CT molecular complexity index is 745. The summed E-state index contributed by atoms with van der Waals surface area (Å²) in [6.45, 7) is 3.30. The summed E-state index contributed by atoms with van der Waals surface area (Å²) in [5.41, 5.74) is -3.36. The number of hydrogen-bond acceptors (Lipinski definition) is 6. The van der Waals surface area contributed by atoms with Crippen LogP contribution < -0.4 is 10.2 Å². The highest BCUT2D eigenvalue weighted by Gasteiger charge is 2.65. The summed E-state index contributed by atoms with van der Waals surface area (Å²) in [6.07, 6.45) is -5.26. The third kappa shape index (κ3) is 4.41. The number of hydrogen-bond donors (Lipinski definition) is 1. The zero-order valence-electron chi connectivity index (χ0n) is 15.4. The number of ether oxygens (including phenoxy) is 2. The van der Waals surface area contributed by atoms with Crippen molar-refractivity contribution in [3.05, 3.63) is 30.3 Å². The van der Waals surface area contributed by atoms with Crippen molar-refractivity contribution in [2.45, 2.75) is 31.0 Å². The van der Waals surface area contributed by atoms with E-state index < -0.39 is 23.9 Å². The summed E-state index contributed by atoms with van der Waals surface area (Å²) in [4.78, 5) is 30.2. The molecule has 0 fully saturated rings. The van der Waals surface area contributed by atoms with Crippen LogP contribution in [0.4, 0.5) is 23.7 Å². The summed E-state index contributed by atoms with van der Waals surface area (Å²) >= 11 is 1.23. The summed E-state index contributed by atoms with van der Waals surface area (Å²) in [5, 5.41) is 1.93. The molecule has 0 aromatic heterocycles. The lowest BCUT2D eigenvalue weighted by molar-refractivity contribution is -0.276. The van der Waals surface area contributed by atoms with Crippen molar-refractivity contribution >= 4 is 34.6 Å². The Balaban J connectivity index is 2.43. The van der Waals surface area contributed by atoms with Gasteiger partial charge in [-0.05, 0) is 19.1 Å². The fourth-order valence-corrected chi connectivity index (χ4v) is 3.35. The number of esters is 1. The van der Waals surface area contributed by atoms with Crippen molar-refractivity contribution in [3.8, 4) is 0 Å². The van der Waals surface area contributed by atoms with Crippen LogP contribution in [0.3, 0.4) is 0 Å². The Morgan fingerprint density at radius 2 is 1.96 bits per heavy atom. The first-order chi connectivity index (χ1) is 13.2. The standard InChI is InChI=1S/C17H20F3N3O4S/c1-4-27-13(24)16(26-3,17(18,19)20)22-14(25)23(12-8-6-5-7-9-12)15-21-10-11(2)28-15/h5-9,11H,4,10H2,1-3H3,(H,22,25)/t11-,16-/m1/s1. The number of benzene rings is 1. The molecule has 0 spiro atoms. The van der Waals surface area contributed by atoms with Gasteiger partial charge in [0.15, 0.2) is 5.17 Å². The maximum absolute atomic E-state index is 13.7. The number of carbonyl (C=O) groups is 2. The van der Waals surface area contributed by atoms with Crippen LogP contribution in [0.15, 0.2) is 35.3 Å². The van der Waals surface area contributed by atoms with Crippen molar-refractivity contribution < 1.29 is 32.2 Å². The Morgan fingerprint density at radius 1 is 1.32 bits per heavy atom. The minimum absolute atomic E-state index is 0.0499. The normalized spacial score (nSPS) is 18.8. The lowest BCUT2D eigenvalue weighted by Gasteiger charge is -2.34. The van der Waals surface area contributed by atoms with Crippen LogP contribution in [-0.4, -0.2) is 54.6 Å². The molecule has 0 unspecified atom stereocenters. The van der Waals surface area contributed by atoms with Crippen molar-refractivity contribution in [2.24, 2.45) is 4.99 Å². The van der Waals surface area contributed by atoms with E-state index in [-0.39, 0.29) is 22.7 Å². The Kier molecular flexibility index (Phi) is 6.94. The van der Waals surface area contributed by atoms with Crippen molar-refractivity contribution in [1.82, 2.24) is 5.32 Å². The quantitative estimate of drug-likeness (QED) is 0.586. The second-order valence-corrected chi connectivity index (χ2v) is 7.16. The van der Waals surface area contributed by atoms with Gasteiger partial charge < -0.3 is 9.47 Å². The number of methoxy groups -OCH3 is 1. The first-order valence-electron chi connectivity index (χ1n) is 8.33. The van der Waals surface area contributed by atoms with Crippen LogP contribution in [0.25, 0.3) is 0 Å². The average Bonchev–Trinajstić information content (AvgIpc) is 3.05. The van der Waals surface area contributed by atoms with Crippen LogP contribution >= 0.6 is 11.8 Å². The van der Waals surface area contributed by atoms with Gasteiger partial charge in [-0.3, -0.25) is 10.3 Å². The van der Waals surface area contributed by atoms with Crippen LogP contribution in [0.1, 0.15) is 13.8 Å². The number of para-hydroxylation sites is 1. The number of halogens is 3. The molecule has 28 heavy (non-hydrogen) atoms. The van der Waals surface area contributed by atoms with Gasteiger partial charge in [-0.25, -0.2) is 14.5 Å². The van der Waals surface area contributed by atoms with Crippen molar-refractivity contribution in [2.75, 3.05) is 25.2 Å². The van der Waals surface area contributed by atoms with Gasteiger partial charge in [0.25, 0.3) is 0 Å². The van der Waals surface area contributed by atoms with E-state index in [2.05, 4.69) is 14.5 Å². The van der Waals surface area contributed by atoms with Gasteiger partial charge in [0.1, 0.15) is 0 Å². The van der Waals surface area contributed by atoms with E-state index in [4.69, 9.17) is 0 Å². The molecule has 1 N–H and O–H groups in total. The molecule has 2 rings (SSSR count). The summed E-state index contributed by atoms with van der Waals surface area (Å²) in [7, 11) is 0.668. The molecule has 7 nitrogen and oxygen atoms in total.